The molecule has 0 unspecified atom stereocenters. The molecular formula is C14H29N3O2. The Morgan fingerprint density at radius 1 is 1.16 bits per heavy atom. The third-order valence-electron chi connectivity index (χ3n) is 3.36. The number of ether oxygens (including phenoxy) is 1. The molecule has 5 nitrogen and oxygen atoms in total. The van der Waals surface area contributed by atoms with E-state index in [-0.39, 0.29) is 12.2 Å². The number of carbonyl (C=O) groups excluding carboxylic acids is 1. The number of nitrogens with two attached hydrogens (primary N) is 1. The van der Waals surface area contributed by atoms with E-state index in [1.807, 2.05) is 18.7 Å². The van der Waals surface area contributed by atoms with Gasteiger partial charge in [-0.15, -0.1) is 0 Å². The second kappa shape index (κ2) is 9.15. The molecular weight excluding hydrogens is 242 g/mol. The molecule has 1 aliphatic heterocycles. The van der Waals surface area contributed by atoms with Crippen LogP contribution < -0.4 is 5.73 Å². The Bertz CT molecular complexity index is 259. The number of carbonyl (C=O) groups is 1. The van der Waals surface area contributed by atoms with Gasteiger partial charge in [0, 0.05) is 19.6 Å². The van der Waals surface area contributed by atoms with Gasteiger partial charge in [-0.25, -0.2) is 4.79 Å². The molecule has 1 amide bonds. The molecule has 0 aliphatic carbocycles. The van der Waals surface area contributed by atoms with Crippen LogP contribution in [0.4, 0.5) is 4.79 Å². The Morgan fingerprint density at radius 2 is 1.95 bits per heavy atom. The topological polar surface area (TPSA) is 58.8 Å². The van der Waals surface area contributed by atoms with Gasteiger partial charge in [-0.1, -0.05) is 6.42 Å². The van der Waals surface area contributed by atoms with Gasteiger partial charge in [0.05, 0.1) is 6.10 Å². The molecule has 5 heteroatoms. The molecule has 1 saturated heterocycles. The lowest BCUT2D eigenvalue weighted by Crippen LogP contribution is -2.36. The van der Waals surface area contributed by atoms with Gasteiger partial charge in [0.1, 0.15) is 0 Å². The molecule has 1 heterocycles. The first-order valence-corrected chi connectivity index (χ1v) is 7.51. The van der Waals surface area contributed by atoms with Gasteiger partial charge in [-0.2, -0.15) is 0 Å². The van der Waals surface area contributed by atoms with Crippen molar-refractivity contribution in [1.82, 2.24) is 9.80 Å². The van der Waals surface area contributed by atoms with E-state index in [2.05, 4.69) is 4.90 Å². The van der Waals surface area contributed by atoms with E-state index in [0.29, 0.717) is 0 Å². The molecule has 0 aromatic rings. The molecule has 0 atom stereocenters. The summed E-state index contributed by atoms with van der Waals surface area (Å²) in [5, 5.41) is 0. The van der Waals surface area contributed by atoms with Gasteiger partial charge >= 0.3 is 6.09 Å². The Kier molecular flexibility index (Phi) is 7.82. The lowest BCUT2D eigenvalue weighted by molar-refractivity contribution is 0.0778. The summed E-state index contributed by atoms with van der Waals surface area (Å²) in [6.45, 7) is 9.30. The van der Waals surface area contributed by atoms with Gasteiger partial charge in [0.2, 0.25) is 0 Å². The van der Waals surface area contributed by atoms with Gasteiger partial charge in [0.15, 0.2) is 0 Å². The van der Waals surface area contributed by atoms with Crippen LogP contribution in [-0.2, 0) is 4.74 Å². The fourth-order valence-corrected chi connectivity index (χ4v) is 2.31. The van der Waals surface area contributed by atoms with E-state index in [1.54, 1.807) is 0 Å². The number of hydrogen-bond donors (Lipinski definition) is 1. The minimum Gasteiger partial charge on any atom is -0.447 e. The average molecular weight is 271 g/mol. The van der Waals surface area contributed by atoms with Crippen LogP contribution in [0.2, 0.25) is 0 Å². The Labute approximate surface area is 117 Å². The van der Waals surface area contributed by atoms with Crippen LogP contribution in [0.15, 0.2) is 0 Å². The highest BCUT2D eigenvalue weighted by Gasteiger charge is 2.20. The molecule has 0 radical (unpaired) electrons. The smallest absolute Gasteiger partial charge is 0.410 e. The Balaban J connectivity index is 2.25. The quantitative estimate of drug-likeness (QED) is 0.747. The van der Waals surface area contributed by atoms with Crippen LogP contribution in [0.1, 0.15) is 39.5 Å². The molecule has 0 bridgehead atoms. The summed E-state index contributed by atoms with van der Waals surface area (Å²) in [4.78, 5) is 16.1. The molecule has 0 aromatic heterocycles. The van der Waals surface area contributed by atoms with Crippen molar-refractivity contribution in [3.63, 3.8) is 0 Å². The largest absolute Gasteiger partial charge is 0.447 e. The van der Waals surface area contributed by atoms with Gasteiger partial charge in [-0.3, -0.25) is 0 Å². The summed E-state index contributed by atoms with van der Waals surface area (Å²) >= 11 is 0. The summed E-state index contributed by atoms with van der Waals surface area (Å²) in [6.07, 6.45) is 4.34. The van der Waals surface area contributed by atoms with Gasteiger partial charge in [-0.05, 0) is 52.7 Å². The van der Waals surface area contributed by atoms with Crippen molar-refractivity contribution in [3.8, 4) is 0 Å². The van der Waals surface area contributed by atoms with Crippen molar-refractivity contribution in [2.24, 2.45) is 5.73 Å². The molecule has 2 N–H and O–H groups in total. The molecule has 1 fully saturated rings. The van der Waals surface area contributed by atoms with Crippen molar-refractivity contribution in [2.75, 3.05) is 39.3 Å². The lowest BCUT2D eigenvalue weighted by atomic mass is 10.2. The van der Waals surface area contributed by atoms with Crippen molar-refractivity contribution < 1.29 is 9.53 Å². The minimum absolute atomic E-state index is 0.0388. The number of unbranched alkanes of at least 4 members (excludes halogenated alkanes) is 2. The van der Waals surface area contributed by atoms with Gasteiger partial charge < -0.3 is 20.3 Å². The summed E-state index contributed by atoms with van der Waals surface area (Å²) in [5.74, 6) is 0. The molecule has 112 valence electrons. The number of rotatable bonds is 6. The summed E-state index contributed by atoms with van der Waals surface area (Å²) in [6, 6.07) is 0. The maximum absolute atomic E-state index is 11.8. The van der Waals surface area contributed by atoms with Crippen LogP contribution in [0.25, 0.3) is 0 Å². The predicted octanol–water partition coefficient (Wildman–Crippen LogP) is 1.67. The van der Waals surface area contributed by atoms with Crippen LogP contribution in [0.3, 0.4) is 0 Å². The summed E-state index contributed by atoms with van der Waals surface area (Å²) in [5.41, 5.74) is 5.49. The lowest BCUT2D eigenvalue weighted by Gasteiger charge is -2.22. The molecule has 0 spiro atoms. The zero-order valence-electron chi connectivity index (χ0n) is 12.4. The fraction of sp³-hybridized carbons (Fsp3) is 0.929. The molecule has 19 heavy (non-hydrogen) atoms. The highest BCUT2D eigenvalue weighted by molar-refractivity contribution is 5.67. The standard InChI is InChI=1S/C14H29N3O2/c1-13(2)19-14(18)17-10-6-9-16(11-12-17)8-5-3-4-7-15/h13H,3-12,15H2,1-2H3. The van der Waals surface area contributed by atoms with E-state index >= 15 is 0 Å². The normalized spacial score (nSPS) is 17.6. The minimum atomic E-state index is -0.167. The average Bonchev–Trinajstić information content (AvgIpc) is 2.59. The van der Waals surface area contributed by atoms with E-state index < -0.39 is 0 Å². The van der Waals surface area contributed by atoms with Crippen LogP contribution in [0, 0.1) is 0 Å². The van der Waals surface area contributed by atoms with Gasteiger partial charge in [0.25, 0.3) is 0 Å². The maximum Gasteiger partial charge on any atom is 0.410 e. The third-order valence-corrected chi connectivity index (χ3v) is 3.36. The highest BCUT2D eigenvalue weighted by Crippen LogP contribution is 2.07. The second-order valence-electron chi connectivity index (χ2n) is 5.46. The van der Waals surface area contributed by atoms with E-state index in [1.165, 1.54) is 12.8 Å². The molecule has 0 aromatic carbocycles. The Morgan fingerprint density at radius 3 is 2.63 bits per heavy atom. The van der Waals surface area contributed by atoms with Crippen LogP contribution in [-0.4, -0.2) is 61.3 Å². The third kappa shape index (κ3) is 6.78. The number of nitrogens with zero attached hydrogens (tertiary/aromatic N) is 2. The van der Waals surface area contributed by atoms with Crippen molar-refractivity contribution in [2.45, 2.75) is 45.6 Å². The van der Waals surface area contributed by atoms with Crippen LogP contribution in [0.5, 0.6) is 0 Å². The SMILES string of the molecule is CC(C)OC(=O)N1CCCN(CCCCCN)CC1. The molecule has 0 saturated carbocycles. The first-order valence-electron chi connectivity index (χ1n) is 7.51. The second-order valence-corrected chi connectivity index (χ2v) is 5.46. The van der Waals surface area contributed by atoms with Crippen molar-refractivity contribution in [1.29, 1.82) is 0 Å². The van der Waals surface area contributed by atoms with E-state index in [4.69, 9.17) is 10.5 Å². The molecule has 1 rings (SSSR count). The van der Waals surface area contributed by atoms with Crippen LogP contribution >= 0.6 is 0 Å². The summed E-state index contributed by atoms with van der Waals surface area (Å²) in [7, 11) is 0. The Hall–Kier alpha value is -0.810. The predicted molar refractivity (Wildman–Crippen MR) is 77.2 cm³/mol. The first kappa shape index (κ1) is 16.2. The summed E-state index contributed by atoms with van der Waals surface area (Å²) < 4.78 is 5.25. The maximum atomic E-state index is 11.8. The van der Waals surface area contributed by atoms with Crippen molar-refractivity contribution >= 4 is 6.09 Å². The fourth-order valence-electron chi connectivity index (χ4n) is 2.31. The zero-order valence-corrected chi connectivity index (χ0v) is 12.4. The van der Waals surface area contributed by atoms with E-state index in [9.17, 15) is 4.79 Å². The van der Waals surface area contributed by atoms with Crippen molar-refractivity contribution in [3.05, 3.63) is 0 Å². The zero-order chi connectivity index (χ0) is 14.1. The monoisotopic (exact) mass is 271 g/mol. The number of hydrogen-bond acceptors (Lipinski definition) is 4. The highest BCUT2D eigenvalue weighted by atomic mass is 16.6. The molecule has 1 aliphatic rings. The first-order chi connectivity index (χ1) is 9.13. The van der Waals surface area contributed by atoms with E-state index in [0.717, 1.165) is 52.1 Å². The number of amides is 1.